The summed E-state index contributed by atoms with van der Waals surface area (Å²) in [6.45, 7) is 4.36. The third-order valence-corrected chi connectivity index (χ3v) is 5.45. The second-order valence-electron chi connectivity index (χ2n) is 7.23. The predicted octanol–water partition coefficient (Wildman–Crippen LogP) is 4.81. The summed E-state index contributed by atoms with van der Waals surface area (Å²) in [6, 6.07) is 4.84. The van der Waals surface area contributed by atoms with Crippen LogP contribution in [0.25, 0.3) is 11.1 Å². The lowest BCUT2D eigenvalue weighted by molar-refractivity contribution is 0.398. The summed E-state index contributed by atoms with van der Waals surface area (Å²) < 4.78 is 2.10. The molecule has 4 rings (SSSR count). The Morgan fingerprint density at radius 2 is 1.96 bits per heavy atom. The molecule has 2 aromatic rings. The van der Waals surface area contributed by atoms with E-state index in [4.69, 9.17) is 0 Å². The molecular formula is C20H26N4. The van der Waals surface area contributed by atoms with Crippen LogP contribution in [0.4, 0.5) is 5.82 Å². The molecular weight excluding hydrogens is 296 g/mol. The molecule has 0 atom stereocenters. The number of aromatic nitrogens is 3. The molecule has 0 saturated heterocycles. The minimum Gasteiger partial charge on any atom is -0.334 e. The van der Waals surface area contributed by atoms with Crippen LogP contribution in [0.1, 0.15) is 51.0 Å². The van der Waals surface area contributed by atoms with Gasteiger partial charge in [0, 0.05) is 30.7 Å². The van der Waals surface area contributed by atoms with Crippen molar-refractivity contribution >= 4 is 5.82 Å². The maximum atomic E-state index is 4.57. The maximum Gasteiger partial charge on any atom is 0.132 e. The molecule has 0 amide bonds. The van der Waals surface area contributed by atoms with Gasteiger partial charge < -0.3 is 4.90 Å². The van der Waals surface area contributed by atoms with Gasteiger partial charge in [-0.2, -0.15) is 5.10 Å². The SMILES string of the molecule is C=C(C1CCCCC1)N(C)c1cc(-c2cnn(C3CC3)c2)ccn1. The van der Waals surface area contributed by atoms with Crippen molar-refractivity contribution in [3.8, 4) is 11.1 Å². The molecule has 2 aliphatic carbocycles. The van der Waals surface area contributed by atoms with Crippen LogP contribution < -0.4 is 4.90 Å². The summed E-state index contributed by atoms with van der Waals surface area (Å²) in [7, 11) is 2.09. The molecule has 0 unspecified atom stereocenters. The van der Waals surface area contributed by atoms with Gasteiger partial charge >= 0.3 is 0 Å². The molecule has 0 radical (unpaired) electrons. The molecule has 2 aromatic heterocycles. The zero-order chi connectivity index (χ0) is 16.5. The third kappa shape index (κ3) is 3.10. The minimum absolute atomic E-state index is 0.604. The lowest BCUT2D eigenvalue weighted by Gasteiger charge is -2.30. The molecule has 24 heavy (non-hydrogen) atoms. The second-order valence-corrected chi connectivity index (χ2v) is 7.23. The quantitative estimate of drug-likeness (QED) is 0.792. The Labute approximate surface area is 144 Å². The average molecular weight is 322 g/mol. The number of hydrogen-bond acceptors (Lipinski definition) is 3. The summed E-state index contributed by atoms with van der Waals surface area (Å²) in [6.07, 6.45) is 15.1. The molecule has 2 aliphatic rings. The van der Waals surface area contributed by atoms with Crippen molar-refractivity contribution in [2.75, 3.05) is 11.9 Å². The lowest BCUT2D eigenvalue weighted by Crippen LogP contribution is -2.24. The zero-order valence-corrected chi connectivity index (χ0v) is 14.5. The van der Waals surface area contributed by atoms with E-state index in [-0.39, 0.29) is 0 Å². The van der Waals surface area contributed by atoms with Crippen LogP contribution in [0.2, 0.25) is 0 Å². The second kappa shape index (κ2) is 6.42. The molecule has 2 saturated carbocycles. The van der Waals surface area contributed by atoms with Crippen molar-refractivity contribution in [3.63, 3.8) is 0 Å². The molecule has 126 valence electrons. The van der Waals surface area contributed by atoms with Gasteiger partial charge in [0.05, 0.1) is 12.2 Å². The van der Waals surface area contributed by atoms with E-state index >= 15 is 0 Å². The fourth-order valence-electron chi connectivity index (χ4n) is 3.66. The van der Waals surface area contributed by atoms with Crippen LogP contribution in [0.3, 0.4) is 0 Å². The van der Waals surface area contributed by atoms with Crippen LogP contribution in [-0.2, 0) is 0 Å². The van der Waals surface area contributed by atoms with Crippen molar-refractivity contribution in [2.24, 2.45) is 5.92 Å². The van der Waals surface area contributed by atoms with Crippen LogP contribution in [0.15, 0.2) is 43.0 Å². The Morgan fingerprint density at radius 3 is 2.71 bits per heavy atom. The fraction of sp³-hybridized carbons (Fsp3) is 0.500. The molecule has 0 N–H and O–H groups in total. The molecule has 0 spiro atoms. The van der Waals surface area contributed by atoms with E-state index < -0.39 is 0 Å². The van der Waals surface area contributed by atoms with Crippen molar-refractivity contribution in [1.29, 1.82) is 0 Å². The number of pyridine rings is 1. The van der Waals surface area contributed by atoms with Crippen molar-refractivity contribution in [3.05, 3.63) is 43.0 Å². The van der Waals surface area contributed by atoms with Crippen LogP contribution in [0, 0.1) is 5.92 Å². The molecule has 2 fully saturated rings. The van der Waals surface area contributed by atoms with Gasteiger partial charge in [0.15, 0.2) is 0 Å². The van der Waals surface area contributed by atoms with Gasteiger partial charge in [0.2, 0.25) is 0 Å². The molecule has 0 aromatic carbocycles. The number of hydrogen-bond donors (Lipinski definition) is 0. The Bertz CT molecular complexity index is 723. The van der Waals surface area contributed by atoms with Gasteiger partial charge in [0.25, 0.3) is 0 Å². The highest BCUT2D eigenvalue weighted by Crippen LogP contribution is 2.36. The summed E-state index contributed by atoms with van der Waals surface area (Å²) in [5.74, 6) is 1.58. The third-order valence-electron chi connectivity index (χ3n) is 5.45. The van der Waals surface area contributed by atoms with E-state index in [2.05, 4.69) is 51.6 Å². The fourth-order valence-corrected chi connectivity index (χ4v) is 3.66. The van der Waals surface area contributed by atoms with Gasteiger partial charge in [0.1, 0.15) is 5.82 Å². The highest BCUT2D eigenvalue weighted by molar-refractivity contribution is 5.66. The highest BCUT2D eigenvalue weighted by Gasteiger charge is 2.24. The average Bonchev–Trinajstić information content (AvgIpc) is 3.38. The lowest BCUT2D eigenvalue weighted by atomic mass is 9.87. The highest BCUT2D eigenvalue weighted by atomic mass is 15.3. The van der Waals surface area contributed by atoms with E-state index in [0.29, 0.717) is 12.0 Å². The van der Waals surface area contributed by atoms with E-state index in [1.165, 1.54) is 61.8 Å². The van der Waals surface area contributed by atoms with Crippen molar-refractivity contribution < 1.29 is 0 Å². The van der Waals surface area contributed by atoms with E-state index in [1.54, 1.807) is 0 Å². The normalized spacial score (nSPS) is 18.5. The number of nitrogens with zero attached hydrogens (tertiary/aromatic N) is 4. The van der Waals surface area contributed by atoms with Gasteiger partial charge in [-0.3, -0.25) is 4.68 Å². The van der Waals surface area contributed by atoms with Gasteiger partial charge in [-0.05, 0) is 49.3 Å². The minimum atomic E-state index is 0.604. The van der Waals surface area contributed by atoms with Crippen molar-refractivity contribution in [2.45, 2.75) is 51.0 Å². The molecule has 4 nitrogen and oxygen atoms in total. The zero-order valence-electron chi connectivity index (χ0n) is 14.5. The Balaban J connectivity index is 1.53. The molecule has 4 heteroatoms. The van der Waals surface area contributed by atoms with Gasteiger partial charge in [-0.25, -0.2) is 4.98 Å². The largest absolute Gasteiger partial charge is 0.334 e. The summed E-state index contributed by atoms with van der Waals surface area (Å²) >= 11 is 0. The number of allylic oxidation sites excluding steroid dienone is 1. The van der Waals surface area contributed by atoms with Crippen LogP contribution in [0.5, 0.6) is 0 Å². The Kier molecular flexibility index (Phi) is 4.13. The summed E-state index contributed by atoms with van der Waals surface area (Å²) in [5.41, 5.74) is 3.55. The molecule has 0 aliphatic heterocycles. The number of rotatable bonds is 5. The van der Waals surface area contributed by atoms with Crippen molar-refractivity contribution in [1.82, 2.24) is 14.8 Å². The first-order chi connectivity index (χ1) is 11.7. The first kappa shape index (κ1) is 15.4. The summed E-state index contributed by atoms with van der Waals surface area (Å²) in [5, 5.41) is 4.50. The van der Waals surface area contributed by atoms with Crippen LogP contribution in [-0.4, -0.2) is 21.8 Å². The van der Waals surface area contributed by atoms with Crippen LogP contribution >= 0.6 is 0 Å². The smallest absolute Gasteiger partial charge is 0.132 e. The monoisotopic (exact) mass is 322 g/mol. The van der Waals surface area contributed by atoms with E-state index in [1.807, 2.05) is 12.4 Å². The molecule has 0 bridgehead atoms. The predicted molar refractivity (Wildman–Crippen MR) is 97.8 cm³/mol. The van der Waals surface area contributed by atoms with Gasteiger partial charge in [-0.1, -0.05) is 25.8 Å². The van der Waals surface area contributed by atoms with E-state index in [9.17, 15) is 0 Å². The van der Waals surface area contributed by atoms with Gasteiger partial charge in [-0.15, -0.1) is 0 Å². The maximum absolute atomic E-state index is 4.57. The topological polar surface area (TPSA) is 34.0 Å². The molecule has 2 heterocycles. The first-order valence-corrected chi connectivity index (χ1v) is 9.15. The first-order valence-electron chi connectivity index (χ1n) is 9.15. The Morgan fingerprint density at radius 1 is 1.17 bits per heavy atom. The standard InChI is InChI=1S/C20H26N4/c1-15(16-6-4-3-5-7-16)23(2)20-12-17(10-11-21-20)18-13-22-24(14-18)19-8-9-19/h10-14,16,19H,1,3-9H2,2H3. The Hall–Kier alpha value is -2.10. The number of anilines is 1. The van der Waals surface area contributed by atoms with E-state index in [0.717, 1.165) is 5.82 Å². The summed E-state index contributed by atoms with van der Waals surface area (Å²) in [4.78, 5) is 6.74.